The smallest absolute Gasteiger partial charge is 0.0685 e. The Kier molecular flexibility index (Phi) is 3.83. The monoisotopic (exact) mass is 293 g/mol. The Morgan fingerprint density at radius 1 is 1.35 bits per heavy atom. The number of ether oxygens (including phenoxy) is 1. The van der Waals surface area contributed by atoms with Crippen molar-refractivity contribution in [2.75, 3.05) is 6.61 Å². The average molecular weight is 294 g/mol. The predicted octanol–water partition coefficient (Wildman–Crippen LogP) is 4.19. The highest BCUT2D eigenvalue weighted by Crippen LogP contribution is 2.52. The van der Waals surface area contributed by atoms with Crippen molar-refractivity contribution in [2.45, 2.75) is 51.8 Å². The van der Waals surface area contributed by atoms with Gasteiger partial charge in [-0.15, -0.1) is 0 Å². The number of hydrogen-bond acceptors (Lipinski definition) is 2. The van der Waals surface area contributed by atoms with Crippen molar-refractivity contribution in [3.8, 4) is 0 Å². The number of fused-ring (bicyclic) bond motifs is 1. The Morgan fingerprint density at radius 3 is 2.70 bits per heavy atom. The molecule has 1 aliphatic heterocycles. The van der Waals surface area contributed by atoms with E-state index < -0.39 is 0 Å². The molecule has 3 heteroatoms. The SMILES string of the molecule is CCC(NC1C2CCOC2C1(C)C)c1ccc(Cl)cc1. The normalized spacial score (nSPS) is 32.5. The van der Waals surface area contributed by atoms with Gasteiger partial charge in [-0.05, 0) is 30.5 Å². The van der Waals surface area contributed by atoms with Crippen molar-refractivity contribution in [1.29, 1.82) is 0 Å². The minimum atomic E-state index is 0.237. The molecule has 1 aliphatic carbocycles. The molecule has 1 aromatic carbocycles. The van der Waals surface area contributed by atoms with E-state index in [1.807, 2.05) is 12.1 Å². The minimum absolute atomic E-state index is 0.237. The van der Waals surface area contributed by atoms with Crippen LogP contribution >= 0.6 is 11.6 Å². The first kappa shape index (κ1) is 14.4. The lowest BCUT2D eigenvalue weighted by atomic mass is 9.57. The van der Waals surface area contributed by atoms with Gasteiger partial charge in [0.15, 0.2) is 0 Å². The van der Waals surface area contributed by atoms with E-state index >= 15 is 0 Å². The zero-order valence-electron chi connectivity index (χ0n) is 12.5. The Balaban J connectivity index is 1.73. The van der Waals surface area contributed by atoms with Crippen LogP contribution in [0.3, 0.4) is 0 Å². The van der Waals surface area contributed by atoms with Gasteiger partial charge in [-0.25, -0.2) is 0 Å². The Hall–Kier alpha value is -0.570. The van der Waals surface area contributed by atoms with E-state index in [9.17, 15) is 0 Å². The molecule has 0 amide bonds. The summed E-state index contributed by atoms with van der Waals surface area (Å²) in [5, 5.41) is 4.68. The predicted molar refractivity (Wildman–Crippen MR) is 83.0 cm³/mol. The van der Waals surface area contributed by atoms with E-state index in [2.05, 4.69) is 38.2 Å². The maximum atomic E-state index is 5.99. The first-order chi connectivity index (χ1) is 9.54. The molecule has 1 saturated heterocycles. The lowest BCUT2D eigenvalue weighted by Crippen LogP contribution is -2.66. The van der Waals surface area contributed by atoms with E-state index in [1.165, 1.54) is 12.0 Å². The fraction of sp³-hybridized carbons (Fsp3) is 0.647. The molecule has 0 bridgehead atoms. The van der Waals surface area contributed by atoms with Gasteiger partial charge in [-0.3, -0.25) is 0 Å². The average Bonchev–Trinajstić information content (AvgIpc) is 2.88. The molecule has 1 N–H and O–H groups in total. The number of hydrogen-bond donors (Lipinski definition) is 1. The van der Waals surface area contributed by atoms with Gasteiger partial charge in [-0.2, -0.15) is 0 Å². The molecule has 0 radical (unpaired) electrons. The van der Waals surface area contributed by atoms with Crippen molar-refractivity contribution in [3.05, 3.63) is 34.9 Å². The number of halogens is 1. The summed E-state index contributed by atoms with van der Waals surface area (Å²) in [7, 11) is 0. The minimum Gasteiger partial charge on any atom is -0.377 e. The molecule has 4 unspecified atom stereocenters. The molecule has 110 valence electrons. The van der Waals surface area contributed by atoms with Crippen molar-refractivity contribution in [3.63, 3.8) is 0 Å². The number of nitrogens with one attached hydrogen (secondary N) is 1. The van der Waals surface area contributed by atoms with Crippen LogP contribution in [0.4, 0.5) is 0 Å². The number of benzene rings is 1. The third-order valence-electron chi connectivity index (χ3n) is 5.16. The van der Waals surface area contributed by atoms with Crippen LogP contribution in [-0.4, -0.2) is 18.8 Å². The van der Waals surface area contributed by atoms with Gasteiger partial charge >= 0.3 is 0 Å². The topological polar surface area (TPSA) is 21.3 Å². The molecule has 1 aromatic rings. The van der Waals surface area contributed by atoms with Crippen LogP contribution in [0.5, 0.6) is 0 Å². The van der Waals surface area contributed by atoms with Gasteiger partial charge in [-0.1, -0.05) is 44.5 Å². The highest BCUT2D eigenvalue weighted by atomic mass is 35.5. The van der Waals surface area contributed by atoms with Crippen LogP contribution in [-0.2, 0) is 4.74 Å². The van der Waals surface area contributed by atoms with E-state index in [-0.39, 0.29) is 5.41 Å². The molecule has 2 nitrogen and oxygen atoms in total. The first-order valence-electron chi connectivity index (χ1n) is 7.67. The van der Waals surface area contributed by atoms with Gasteiger partial charge in [0.1, 0.15) is 0 Å². The highest BCUT2D eigenvalue weighted by Gasteiger charge is 2.59. The summed E-state index contributed by atoms with van der Waals surface area (Å²) in [6.07, 6.45) is 2.73. The lowest BCUT2D eigenvalue weighted by Gasteiger charge is -2.56. The fourth-order valence-corrected chi connectivity index (χ4v) is 4.15. The number of rotatable bonds is 4. The van der Waals surface area contributed by atoms with Crippen LogP contribution in [0, 0.1) is 11.3 Å². The molecule has 1 saturated carbocycles. The highest BCUT2D eigenvalue weighted by molar-refractivity contribution is 6.30. The molecule has 4 atom stereocenters. The van der Waals surface area contributed by atoms with Gasteiger partial charge in [0.05, 0.1) is 6.10 Å². The van der Waals surface area contributed by atoms with Crippen molar-refractivity contribution in [1.82, 2.24) is 5.32 Å². The quantitative estimate of drug-likeness (QED) is 0.898. The third kappa shape index (κ3) is 2.28. The van der Waals surface area contributed by atoms with E-state index in [0.29, 0.717) is 24.1 Å². The largest absolute Gasteiger partial charge is 0.377 e. The first-order valence-corrected chi connectivity index (χ1v) is 8.05. The van der Waals surface area contributed by atoms with Gasteiger partial charge in [0, 0.05) is 35.0 Å². The Bertz CT molecular complexity index is 470. The molecule has 20 heavy (non-hydrogen) atoms. The summed E-state index contributed by atoms with van der Waals surface area (Å²) >= 11 is 5.99. The van der Waals surface area contributed by atoms with Crippen LogP contribution in [0.1, 0.15) is 45.2 Å². The second kappa shape index (κ2) is 5.32. The second-order valence-electron chi connectivity index (χ2n) is 6.72. The van der Waals surface area contributed by atoms with Crippen molar-refractivity contribution < 1.29 is 4.74 Å². The molecule has 0 spiro atoms. The zero-order valence-corrected chi connectivity index (χ0v) is 13.3. The summed E-state index contributed by atoms with van der Waals surface area (Å²) < 4.78 is 5.88. The standard InChI is InChI=1S/C17H24ClNO/c1-4-14(11-5-7-12(18)8-6-11)19-15-13-9-10-20-16(13)17(15,2)3/h5-8,13-16,19H,4,9-10H2,1-3H3. The van der Waals surface area contributed by atoms with Crippen LogP contribution in [0.2, 0.25) is 5.02 Å². The molecule has 2 fully saturated rings. The fourth-order valence-electron chi connectivity index (χ4n) is 4.02. The molecule has 2 aliphatic rings. The summed E-state index contributed by atoms with van der Waals surface area (Å²) in [4.78, 5) is 0. The Morgan fingerprint density at radius 2 is 2.05 bits per heavy atom. The van der Waals surface area contributed by atoms with Crippen molar-refractivity contribution >= 4 is 11.6 Å². The lowest BCUT2D eigenvalue weighted by molar-refractivity contribution is -0.115. The van der Waals surface area contributed by atoms with Crippen LogP contribution < -0.4 is 5.32 Å². The Labute approximate surface area is 126 Å². The van der Waals surface area contributed by atoms with Crippen LogP contribution in [0.15, 0.2) is 24.3 Å². The summed E-state index contributed by atoms with van der Waals surface area (Å²) in [5.74, 6) is 0.686. The summed E-state index contributed by atoms with van der Waals surface area (Å²) in [6, 6.07) is 9.19. The molecular weight excluding hydrogens is 270 g/mol. The van der Waals surface area contributed by atoms with Gasteiger partial charge in [0.2, 0.25) is 0 Å². The van der Waals surface area contributed by atoms with Gasteiger partial charge in [0.25, 0.3) is 0 Å². The molecule has 3 rings (SSSR count). The van der Waals surface area contributed by atoms with Gasteiger partial charge < -0.3 is 10.1 Å². The maximum absolute atomic E-state index is 5.99. The summed E-state index contributed by atoms with van der Waals surface area (Å²) in [6.45, 7) is 7.81. The molecule has 1 heterocycles. The second-order valence-corrected chi connectivity index (χ2v) is 7.16. The zero-order chi connectivity index (χ0) is 14.3. The van der Waals surface area contributed by atoms with Crippen LogP contribution in [0.25, 0.3) is 0 Å². The van der Waals surface area contributed by atoms with Crippen molar-refractivity contribution in [2.24, 2.45) is 11.3 Å². The van der Waals surface area contributed by atoms with E-state index in [4.69, 9.17) is 16.3 Å². The summed E-state index contributed by atoms with van der Waals surface area (Å²) in [5.41, 5.74) is 1.57. The maximum Gasteiger partial charge on any atom is 0.0685 e. The molecule has 0 aromatic heterocycles. The van der Waals surface area contributed by atoms with E-state index in [0.717, 1.165) is 18.1 Å². The molecular formula is C17H24ClNO. The third-order valence-corrected chi connectivity index (χ3v) is 5.41. The van der Waals surface area contributed by atoms with E-state index in [1.54, 1.807) is 0 Å².